The number of anilines is 1. The highest BCUT2D eigenvalue weighted by Crippen LogP contribution is 2.33. The highest BCUT2D eigenvalue weighted by molar-refractivity contribution is 7.16. The molecule has 6 nitrogen and oxygen atoms in total. The van der Waals surface area contributed by atoms with E-state index in [0.29, 0.717) is 24.4 Å². The number of carboxylic acids is 1. The predicted octanol–water partition coefficient (Wildman–Crippen LogP) is 2.56. The largest absolute Gasteiger partial charge is 0.478 e. The molecule has 2 amide bonds. The van der Waals surface area contributed by atoms with Gasteiger partial charge in [-0.05, 0) is 32.3 Å². The van der Waals surface area contributed by atoms with Gasteiger partial charge in [-0.1, -0.05) is 6.92 Å². The molecule has 1 aromatic heterocycles. The number of nitrogens with one attached hydrogen (secondary N) is 2. The van der Waals surface area contributed by atoms with Gasteiger partial charge < -0.3 is 15.7 Å². The molecule has 0 aliphatic carbocycles. The summed E-state index contributed by atoms with van der Waals surface area (Å²) in [7, 11) is 0. The number of thiophene rings is 1. The van der Waals surface area contributed by atoms with E-state index in [0.717, 1.165) is 10.4 Å². The zero-order valence-corrected chi connectivity index (χ0v) is 13.9. The summed E-state index contributed by atoms with van der Waals surface area (Å²) in [6.07, 6.45) is 1.52. The van der Waals surface area contributed by atoms with E-state index in [-0.39, 0.29) is 30.2 Å². The van der Waals surface area contributed by atoms with Crippen molar-refractivity contribution in [3.8, 4) is 0 Å². The number of aryl methyl sites for hydroxylation is 1. The second kappa shape index (κ2) is 8.53. The van der Waals surface area contributed by atoms with Gasteiger partial charge in [-0.2, -0.15) is 0 Å². The van der Waals surface area contributed by atoms with E-state index in [9.17, 15) is 19.5 Å². The summed E-state index contributed by atoms with van der Waals surface area (Å²) in [6, 6.07) is 0. The highest BCUT2D eigenvalue weighted by Gasteiger charge is 2.21. The predicted molar refractivity (Wildman–Crippen MR) is 86.6 cm³/mol. The van der Waals surface area contributed by atoms with E-state index in [2.05, 4.69) is 10.6 Å². The summed E-state index contributed by atoms with van der Waals surface area (Å²) in [5.74, 6) is -1.38. The van der Waals surface area contributed by atoms with Crippen molar-refractivity contribution in [2.24, 2.45) is 0 Å². The van der Waals surface area contributed by atoms with Crippen molar-refractivity contribution in [1.29, 1.82) is 0 Å². The lowest BCUT2D eigenvalue weighted by molar-refractivity contribution is -0.121. The number of carboxylic acid groups (broad SMARTS) is 1. The van der Waals surface area contributed by atoms with Crippen LogP contribution in [0.15, 0.2) is 0 Å². The van der Waals surface area contributed by atoms with Crippen LogP contribution in [0.5, 0.6) is 0 Å². The molecule has 122 valence electrons. The number of aromatic carboxylic acids is 1. The fourth-order valence-corrected chi connectivity index (χ4v) is 3.36. The van der Waals surface area contributed by atoms with E-state index in [1.165, 1.54) is 11.3 Å². The summed E-state index contributed by atoms with van der Waals surface area (Å²) < 4.78 is 0. The van der Waals surface area contributed by atoms with Crippen LogP contribution >= 0.6 is 11.3 Å². The standard InChI is InChI=1S/C15H22N2O4S/c1-4-10-9(3)22-14(13(10)15(20)21)17-12(19)8-6-7-11(18)16-5-2/h4-8H2,1-3H3,(H,16,18)(H,17,19)(H,20,21). The maximum Gasteiger partial charge on any atom is 0.339 e. The van der Waals surface area contributed by atoms with Gasteiger partial charge in [-0.3, -0.25) is 9.59 Å². The van der Waals surface area contributed by atoms with Crippen molar-refractivity contribution in [3.05, 3.63) is 16.0 Å². The van der Waals surface area contributed by atoms with E-state index in [1.54, 1.807) is 0 Å². The molecular formula is C15H22N2O4S. The van der Waals surface area contributed by atoms with Gasteiger partial charge in [-0.15, -0.1) is 11.3 Å². The average molecular weight is 326 g/mol. The average Bonchev–Trinajstić information content (AvgIpc) is 2.74. The topological polar surface area (TPSA) is 95.5 Å². The molecule has 0 spiro atoms. The maximum atomic E-state index is 11.9. The molecule has 0 fully saturated rings. The molecule has 0 aliphatic rings. The summed E-state index contributed by atoms with van der Waals surface area (Å²) >= 11 is 1.28. The van der Waals surface area contributed by atoms with Crippen LogP contribution < -0.4 is 10.6 Å². The van der Waals surface area contributed by atoms with Gasteiger partial charge >= 0.3 is 5.97 Å². The van der Waals surface area contributed by atoms with E-state index in [1.807, 2.05) is 20.8 Å². The quantitative estimate of drug-likeness (QED) is 0.684. The monoisotopic (exact) mass is 326 g/mol. The molecule has 0 saturated carbocycles. The number of rotatable bonds is 8. The first-order valence-electron chi connectivity index (χ1n) is 7.32. The Morgan fingerprint density at radius 2 is 1.77 bits per heavy atom. The lowest BCUT2D eigenvalue weighted by atomic mass is 10.1. The molecule has 0 aliphatic heterocycles. The van der Waals surface area contributed by atoms with Gasteiger partial charge in [0.25, 0.3) is 0 Å². The van der Waals surface area contributed by atoms with Crippen LogP contribution in [0, 0.1) is 6.92 Å². The Morgan fingerprint density at radius 3 is 2.32 bits per heavy atom. The molecule has 22 heavy (non-hydrogen) atoms. The lowest BCUT2D eigenvalue weighted by Crippen LogP contribution is -2.22. The molecule has 1 aromatic rings. The van der Waals surface area contributed by atoms with Gasteiger partial charge in [-0.25, -0.2) is 4.79 Å². The third-order valence-electron chi connectivity index (χ3n) is 3.21. The van der Waals surface area contributed by atoms with E-state index in [4.69, 9.17) is 0 Å². The smallest absolute Gasteiger partial charge is 0.339 e. The highest BCUT2D eigenvalue weighted by atomic mass is 32.1. The van der Waals surface area contributed by atoms with Crippen molar-refractivity contribution in [2.75, 3.05) is 11.9 Å². The van der Waals surface area contributed by atoms with Crippen molar-refractivity contribution in [2.45, 2.75) is 46.5 Å². The van der Waals surface area contributed by atoms with Crippen LogP contribution in [0.2, 0.25) is 0 Å². The summed E-state index contributed by atoms with van der Waals surface area (Å²) in [5.41, 5.74) is 0.942. The Morgan fingerprint density at radius 1 is 1.14 bits per heavy atom. The SMILES string of the molecule is CCNC(=O)CCCC(=O)Nc1sc(C)c(CC)c1C(=O)O. The minimum Gasteiger partial charge on any atom is -0.478 e. The van der Waals surface area contributed by atoms with Crippen LogP contribution in [0.1, 0.15) is 53.9 Å². The molecule has 1 heterocycles. The van der Waals surface area contributed by atoms with Crippen LogP contribution in [-0.2, 0) is 16.0 Å². The molecule has 7 heteroatoms. The fourth-order valence-electron chi connectivity index (χ4n) is 2.20. The van der Waals surface area contributed by atoms with E-state index < -0.39 is 5.97 Å². The van der Waals surface area contributed by atoms with E-state index >= 15 is 0 Å². The molecule has 0 radical (unpaired) electrons. The number of hydrogen-bond donors (Lipinski definition) is 3. The number of amides is 2. The molecule has 1 rings (SSSR count). The van der Waals surface area contributed by atoms with Crippen molar-refractivity contribution < 1.29 is 19.5 Å². The first-order valence-corrected chi connectivity index (χ1v) is 8.14. The van der Waals surface area contributed by atoms with Crippen molar-refractivity contribution >= 4 is 34.1 Å². The Hall–Kier alpha value is -1.89. The Balaban J connectivity index is 2.65. The fraction of sp³-hybridized carbons (Fsp3) is 0.533. The Labute approximate surface area is 133 Å². The van der Waals surface area contributed by atoms with Gasteiger partial charge in [0.05, 0.1) is 5.56 Å². The zero-order valence-electron chi connectivity index (χ0n) is 13.1. The number of carbonyl (C=O) groups is 3. The molecule has 0 atom stereocenters. The molecular weight excluding hydrogens is 304 g/mol. The lowest BCUT2D eigenvalue weighted by Gasteiger charge is -2.05. The van der Waals surface area contributed by atoms with Gasteiger partial charge in [0.2, 0.25) is 11.8 Å². The Bertz CT molecular complexity index is 566. The molecule has 0 bridgehead atoms. The van der Waals surface area contributed by atoms with Gasteiger partial charge in [0, 0.05) is 24.3 Å². The van der Waals surface area contributed by atoms with Crippen LogP contribution in [-0.4, -0.2) is 29.4 Å². The number of carbonyl (C=O) groups excluding carboxylic acids is 2. The van der Waals surface area contributed by atoms with Gasteiger partial charge in [0.1, 0.15) is 5.00 Å². The van der Waals surface area contributed by atoms with Crippen LogP contribution in [0.25, 0.3) is 0 Å². The minimum absolute atomic E-state index is 0.0817. The second-order valence-electron chi connectivity index (χ2n) is 4.85. The van der Waals surface area contributed by atoms with Crippen LogP contribution in [0.3, 0.4) is 0 Å². The van der Waals surface area contributed by atoms with Gasteiger partial charge in [0.15, 0.2) is 0 Å². The summed E-state index contributed by atoms with van der Waals surface area (Å²) in [5, 5.41) is 15.0. The normalized spacial score (nSPS) is 10.3. The second-order valence-corrected chi connectivity index (χ2v) is 6.08. The number of hydrogen-bond acceptors (Lipinski definition) is 4. The maximum absolute atomic E-state index is 11.9. The molecule has 0 aromatic carbocycles. The zero-order chi connectivity index (χ0) is 16.7. The Kier molecular flexibility index (Phi) is 7.04. The first kappa shape index (κ1) is 18.2. The summed E-state index contributed by atoms with van der Waals surface area (Å²) in [6.45, 7) is 6.14. The minimum atomic E-state index is -1.03. The first-order chi connectivity index (χ1) is 10.4. The van der Waals surface area contributed by atoms with Crippen molar-refractivity contribution in [3.63, 3.8) is 0 Å². The third kappa shape index (κ3) is 4.84. The molecule has 0 unspecified atom stereocenters. The van der Waals surface area contributed by atoms with Crippen molar-refractivity contribution in [1.82, 2.24) is 5.32 Å². The molecule has 3 N–H and O–H groups in total. The van der Waals surface area contributed by atoms with Crippen LogP contribution in [0.4, 0.5) is 5.00 Å². The molecule has 0 saturated heterocycles. The third-order valence-corrected chi connectivity index (χ3v) is 4.27. The summed E-state index contributed by atoms with van der Waals surface area (Å²) in [4.78, 5) is 35.5.